The number of halogens is 2. The predicted molar refractivity (Wildman–Crippen MR) is 77.3 cm³/mol. The Bertz CT molecular complexity index is 629. The highest BCUT2D eigenvalue weighted by Crippen LogP contribution is 2.25. The minimum atomic E-state index is -0.232. The van der Waals surface area contributed by atoms with E-state index in [1.54, 1.807) is 37.4 Å². The first-order chi connectivity index (χ1) is 8.99. The van der Waals surface area contributed by atoms with Crippen LogP contribution in [0.25, 0.3) is 0 Å². The topological polar surface area (TPSA) is 40.5 Å². The maximum Gasteiger partial charge on any atom is 0.258 e. The monoisotopic (exact) mass is 295 g/mol. The van der Waals surface area contributed by atoms with Gasteiger partial charge in [-0.3, -0.25) is 4.79 Å². The van der Waals surface area contributed by atoms with Crippen molar-refractivity contribution in [3.8, 4) is 5.75 Å². The highest BCUT2D eigenvalue weighted by Gasteiger charge is 2.14. The summed E-state index contributed by atoms with van der Waals surface area (Å²) < 4.78 is 0. The van der Waals surface area contributed by atoms with Crippen molar-refractivity contribution in [1.82, 2.24) is 0 Å². The Morgan fingerprint density at radius 2 is 1.84 bits per heavy atom. The van der Waals surface area contributed by atoms with Crippen molar-refractivity contribution in [2.75, 3.05) is 11.9 Å². The van der Waals surface area contributed by atoms with Crippen molar-refractivity contribution in [3.05, 3.63) is 58.1 Å². The molecule has 0 radical (unpaired) electrons. The number of benzene rings is 2. The van der Waals surface area contributed by atoms with E-state index in [0.29, 0.717) is 21.3 Å². The summed E-state index contributed by atoms with van der Waals surface area (Å²) in [4.78, 5) is 13.7. The molecular weight excluding hydrogens is 285 g/mol. The lowest BCUT2D eigenvalue weighted by atomic mass is 10.2. The van der Waals surface area contributed by atoms with Gasteiger partial charge in [-0.2, -0.15) is 0 Å². The van der Waals surface area contributed by atoms with E-state index in [9.17, 15) is 9.90 Å². The molecule has 0 aliphatic rings. The second-order valence-electron chi connectivity index (χ2n) is 4.01. The van der Waals surface area contributed by atoms with Crippen LogP contribution in [0.5, 0.6) is 5.75 Å². The van der Waals surface area contributed by atoms with E-state index in [2.05, 4.69) is 0 Å². The molecule has 0 aromatic heterocycles. The molecular formula is C14H11Cl2NO2. The Morgan fingerprint density at radius 1 is 1.11 bits per heavy atom. The second-order valence-corrected chi connectivity index (χ2v) is 4.83. The summed E-state index contributed by atoms with van der Waals surface area (Å²) >= 11 is 11.7. The molecule has 0 atom stereocenters. The predicted octanol–water partition coefficient (Wildman–Crippen LogP) is 3.98. The summed E-state index contributed by atoms with van der Waals surface area (Å²) in [6.07, 6.45) is 0. The quantitative estimate of drug-likeness (QED) is 0.910. The van der Waals surface area contributed by atoms with Gasteiger partial charge >= 0.3 is 0 Å². The number of anilines is 1. The molecule has 0 saturated carbocycles. The summed E-state index contributed by atoms with van der Waals surface area (Å²) in [7, 11) is 1.62. The first-order valence-electron chi connectivity index (χ1n) is 5.51. The van der Waals surface area contributed by atoms with Crippen LogP contribution in [0.2, 0.25) is 10.0 Å². The van der Waals surface area contributed by atoms with E-state index in [1.165, 1.54) is 17.0 Å². The number of carbonyl (C=O) groups excluding carboxylic acids is 1. The lowest BCUT2D eigenvalue weighted by Gasteiger charge is -2.17. The van der Waals surface area contributed by atoms with Gasteiger partial charge in [0.05, 0.1) is 10.0 Å². The van der Waals surface area contributed by atoms with E-state index in [1.807, 2.05) is 0 Å². The molecule has 1 N–H and O–H groups in total. The van der Waals surface area contributed by atoms with E-state index < -0.39 is 0 Å². The zero-order valence-corrected chi connectivity index (χ0v) is 11.6. The minimum Gasteiger partial charge on any atom is -0.508 e. The van der Waals surface area contributed by atoms with Crippen molar-refractivity contribution < 1.29 is 9.90 Å². The fourth-order valence-electron chi connectivity index (χ4n) is 1.64. The van der Waals surface area contributed by atoms with Gasteiger partial charge < -0.3 is 10.0 Å². The Labute approximate surface area is 121 Å². The first-order valence-corrected chi connectivity index (χ1v) is 6.27. The van der Waals surface area contributed by atoms with Crippen LogP contribution in [0.1, 0.15) is 10.4 Å². The van der Waals surface area contributed by atoms with Crippen LogP contribution in [-0.2, 0) is 0 Å². The number of phenolic OH excluding ortho intramolecular Hbond substituents is 1. The van der Waals surface area contributed by atoms with Crippen LogP contribution in [0.4, 0.5) is 5.69 Å². The Balaban J connectivity index is 2.30. The van der Waals surface area contributed by atoms with Crippen LogP contribution < -0.4 is 4.90 Å². The zero-order chi connectivity index (χ0) is 14.0. The summed E-state index contributed by atoms with van der Waals surface area (Å²) in [5.74, 6) is -0.129. The molecule has 0 saturated heterocycles. The van der Waals surface area contributed by atoms with Crippen molar-refractivity contribution in [1.29, 1.82) is 0 Å². The smallest absolute Gasteiger partial charge is 0.258 e. The largest absolute Gasteiger partial charge is 0.508 e. The number of phenols is 1. The fourth-order valence-corrected chi connectivity index (χ4v) is 1.94. The summed E-state index contributed by atoms with van der Waals surface area (Å²) in [5, 5.41) is 10.1. The standard InChI is InChI=1S/C14H11Cl2NO2/c1-17(10-3-2-4-11(18)8-10)14(19)9-5-6-12(15)13(16)7-9/h2-8,18H,1H3. The van der Waals surface area contributed by atoms with Gasteiger partial charge in [0.2, 0.25) is 0 Å². The third-order valence-corrected chi connectivity index (χ3v) is 3.43. The third kappa shape index (κ3) is 3.00. The molecule has 3 nitrogen and oxygen atoms in total. The Kier molecular flexibility index (Phi) is 3.98. The van der Waals surface area contributed by atoms with Crippen molar-refractivity contribution in [2.24, 2.45) is 0 Å². The van der Waals surface area contributed by atoms with Gasteiger partial charge in [0.1, 0.15) is 5.75 Å². The molecule has 0 aliphatic carbocycles. The van der Waals surface area contributed by atoms with E-state index in [0.717, 1.165) is 0 Å². The molecule has 2 aromatic carbocycles. The molecule has 19 heavy (non-hydrogen) atoms. The first kappa shape index (κ1) is 13.7. The van der Waals surface area contributed by atoms with E-state index in [-0.39, 0.29) is 11.7 Å². The highest BCUT2D eigenvalue weighted by molar-refractivity contribution is 6.42. The van der Waals surface area contributed by atoms with Gasteiger partial charge in [-0.1, -0.05) is 29.3 Å². The van der Waals surface area contributed by atoms with Crippen LogP contribution in [0.15, 0.2) is 42.5 Å². The molecule has 0 fully saturated rings. The summed E-state index contributed by atoms with van der Waals surface area (Å²) in [6, 6.07) is 11.2. The van der Waals surface area contributed by atoms with Crippen molar-refractivity contribution in [3.63, 3.8) is 0 Å². The average Bonchev–Trinajstić information content (AvgIpc) is 2.40. The molecule has 0 bridgehead atoms. The Hall–Kier alpha value is -1.71. The molecule has 1 amide bonds. The molecule has 0 unspecified atom stereocenters. The molecule has 2 aromatic rings. The lowest BCUT2D eigenvalue weighted by molar-refractivity contribution is 0.0993. The number of aromatic hydroxyl groups is 1. The minimum absolute atomic E-state index is 0.103. The molecule has 98 valence electrons. The van der Waals surface area contributed by atoms with Crippen LogP contribution in [0, 0.1) is 0 Å². The van der Waals surface area contributed by atoms with Crippen molar-refractivity contribution >= 4 is 34.8 Å². The molecule has 2 rings (SSSR count). The van der Waals surface area contributed by atoms with Crippen LogP contribution in [0.3, 0.4) is 0 Å². The lowest BCUT2D eigenvalue weighted by Crippen LogP contribution is -2.26. The third-order valence-electron chi connectivity index (χ3n) is 2.69. The van der Waals surface area contributed by atoms with Gasteiger partial charge in [0, 0.05) is 24.4 Å². The fraction of sp³-hybridized carbons (Fsp3) is 0.0714. The van der Waals surface area contributed by atoms with E-state index >= 15 is 0 Å². The van der Waals surface area contributed by atoms with Gasteiger partial charge in [0.25, 0.3) is 5.91 Å². The summed E-state index contributed by atoms with van der Waals surface area (Å²) in [6.45, 7) is 0. The Morgan fingerprint density at radius 3 is 2.47 bits per heavy atom. The van der Waals surface area contributed by atoms with Crippen LogP contribution >= 0.6 is 23.2 Å². The number of amides is 1. The number of carbonyl (C=O) groups is 1. The molecule has 0 heterocycles. The molecule has 0 spiro atoms. The van der Waals surface area contributed by atoms with Crippen LogP contribution in [-0.4, -0.2) is 18.1 Å². The van der Waals surface area contributed by atoms with Gasteiger partial charge in [-0.15, -0.1) is 0 Å². The maximum atomic E-state index is 12.3. The number of hydrogen-bond donors (Lipinski definition) is 1. The zero-order valence-electron chi connectivity index (χ0n) is 10.1. The number of hydrogen-bond acceptors (Lipinski definition) is 2. The maximum absolute atomic E-state index is 12.3. The number of rotatable bonds is 2. The number of nitrogens with zero attached hydrogens (tertiary/aromatic N) is 1. The van der Waals surface area contributed by atoms with Gasteiger partial charge in [0.15, 0.2) is 0 Å². The highest BCUT2D eigenvalue weighted by atomic mass is 35.5. The van der Waals surface area contributed by atoms with E-state index in [4.69, 9.17) is 23.2 Å². The second kappa shape index (κ2) is 5.51. The SMILES string of the molecule is CN(C(=O)c1ccc(Cl)c(Cl)c1)c1cccc(O)c1. The van der Waals surface area contributed by atoms with Gasteiger partial charge in [-0.25, -0.2) is 0 Å². The summed E-state index contributed by atoms with van der Waals surface area (Å²) in [5.41, 5.74) is 1.02. The normalized spacial score (nSPS) is 10.3. The van der Waals surface area contributed by atoms with Crippen molar-refractivity contribution in [2.45, 2.75) is 0 Å². The average molecular weight is 296 g/mol. The molecule has 5 heteroatoms. The van der Waals surface area contributed by atoms with Gasteiger partial charge in [-0.05, 0) is 30.3 Å². The molecule has 0 aliphatic heterocycles.